The smallest absolute Gasteiger partial charge is 0.207 e. The maximum Gasteiger partial charge on any atom is 0.259 e. The summed E-state index contributed by atoms with van der Waals surface area (Å²) in [4.78, 5) is 0. The first kappa shape index (κ1) is 10.3. The summed E-state index contributed by atoms with van der Waals surface area (Å²) in [6.45, 7) is 3.46. The Hall–Kier alpha value is -1.25. The number of fused-ring (bicyclic) bond motifs is 1. The molecule has 0 fully saturated rings. The van der Waals surface area contributed by atoms with Crippen molar-refractivity contribution in [3.63, 3.8) is 0 Å². The minimum Gasteiger partial charge on any atom is -0.207 e. The van der Waals surface area contributed by atoms with Gasteiger partial charge in [-0.25, -0.2) is 13.2 Å². The van der Waals surface area contributed by atoms with Gasteiger partial charge in [-0.2, -0.15) is 0 Å². The van der Waals surface area contributed by atoms with Crippen molar-refractivity contribution in [2.24, 2.45) is 0 Å². The molecular weight excluding hydrogens is 201 g/mol. The Balaban J connectivity index is 2.46. The van der Waals surface area contributed by atoms with E-state index in [1.807, 2.05) is 0 Å². The van der Waals surface area contributed by atoms with Gasteiger partial charge in [0.05, 0.1) is 5.92 Å². The molecule has 0 nitrogen and oxygen atoms in total. The van der Waals surface area contributed by atoms with Crippen LogP contribution < -0.4 is 0 Å². The Morgan fingerprint density at radius 3 is 2.87 bits per heavy atom. The summed E-state index contributed by atoms with van der Waals surface area (Å²) in [5.74, 6) is -4.15. The van der Waals surface area contributed by atoms with Crippen molar-refractivity contribution in [3.05, 3.63) is 47.8 Å². The van der Waals surface area contributed by atoms with Gasteiger partial charge >= 0.3 is 0 Å². The second-order valence-corrected chi connectivity index (χ2v) is 3.86. The number of benzene rings is 1. The Morgan fingerprint density at radius 2 is 2.20 bits per heavy atom. The summed E-state index contributed by atoms with van der Waals surface area (Å²) in [5, 5.41) is 0. The maximum absolute atomic E-state index is 13.5. The molecule has 1 aromatic rings. The van der Waals surface area contributed by atoms with Gasteiger partial charge in [-0.3, -0.25) is 0 Å². The first-order valence-electron chi connectivity index (χ1n) is 4.81. The molecule has 1 aromatic carbocycles. The summed E-state index contributed by atoms with van der Waals surface area (Å²) >= 11 is 0. The molecule has 0 bridgehead atoms. The van der Waals surface area contributed by atoms with E-state index in [0.29, 0.717) is 11.1 Å². The fraction of sp³-hybridized carbons (Fsp3) is 0.333. The van der Waals surface area contributed by atoms with Crippen molar-refractivity contribution < 1.29 is 13.2 Å². The summed E-state index contributed by atoms with van der Waals surface area (Å²) in [6, 6.07) is 3.89. The number of alkyl halides is 2. The van der Waals surface area contributed by atoms with Crippen molar-refractivity contribution in [3.8, 4) is 0 Å². The Kier molecular flexibility index (Phi) is 2.33. The van der Waals surface area contributed by atoms with E-state index < -0.39 is 17.7 Å². The average Bonchev–Trinajstić information content (AvgIpc) is 2.39. The van der Waals surface area contributed by atoms with Crippen LogP contribution in [0.1, 0.15) is 23.5 Å². The van der Waals surface area contributed by atoms with Gasteiger partial charge in [-0.15, -0.1) is 6.58 Å². The first-order valence-corrected chi connectivity index (χ1v) is 4.81. The van der Waals surface area contributed by atoms with Gasteiger partial charge in [0.2, 0.25) is 0 Å². The minimum atomic E-state index is -2.77. The van der Waals surface area contributed by atoms with Crippen molar-refractivity contribution in [1.82, 2.24) is 0 Å². The molecule has 0 amide bonds. The number of halogens is 3. The zero-order chi connectivity index (χ0) is 11.1. The fourth-order valence-corrected chi connectivity index (χ4v) is 2.12. The van der Waals surface area contributed by atoms with E-state index >= 15 is 0 Å². The Bertz CT molecular complexity index is 396. The van der Waals surface area contributed by atoms with E-state index in [-0.39, 0.29) is 12.8 Å². The summed E-state index contributed by atoms with van der Waals surface area (Å²) in [6.07, 6.45) is 1.35. The highest BCUT2D eigenvalue weighted by Crippen LogP contribution is 2.46. The number of hydrogen-bond acceptors (Lipinski definition) is 0. The molecule has 0 heterocycles. The maximum atomic E-state index is 13.5. The number of rotatable bonds is 2. The minimum absolute atomic E-state index is 0.184. The first-order chi connectivity index (χ1) is 7.04. The van der Waals surface area contributed by atoms with Gasteiger partial charge in [0.25, 0.3) is 5.92 Å². The quantitative estimate of drug-likeness (QED) is 0.656. The monoisotopic (exact) mass is 212 g/mol. The summed E-state index contributed by atoms with van der Waals surface area (Å²) in [5.41, 5.74) is 0.980. The van der Waals surface area contributed by atoms with Crippen molar-refractivity contribution >= 4 is 0 Å². The SMILES string of the molecule is C=CCC1c2cc(F)ccc2CC1(F)F. The summed E-state index contributed by atoms with van der Waals surface area (Å²) < 4.78 is 40.1. The van der Waals surface area contributed by atoms with E-state index in [4.69, 9.17) is 0 Å². The second kappa shape index (κ2) is 3.40. The third-order valence-corrected chi connectivity index (χ3v) is 2.82. The molecule has 1 unspecified atom stereocenters. The lowest BCUT2D eigenvalue weighted by molar-refractivity contribution is -0.0144. The second-order valence-electron chi connectivity index (χ2n) is 3.86. The van der Waals surface area contributed by atoms with Crippen LogP contribution in [-0.2, 0) is 6.42 Å². The molecule has 1 aliphatic rings. The van der Waals surface area contributed by atoms with Gasteiger partial charge in [-0.1, -0.05) is 12.1 Å². The van der Waals surface area contributed by atoms with E-state index in [2.05, 4.69) is 6.58 Å². The molecule has 3 heteroatoms. The molecule has 80 valence electrons. The highest BCUT2D eigenvalue weighted by molar-refractivity contribution is 5.39. The van der Waals surface area contributed by atoms with Crippen LogP contribution in [0.5, 0.6) is 0 Å². The topological polar surface area (TPSA) is 0 Å². The number of allylic oxidation sites excluding steroid dienone is 1. The van der Waals surface area contributed by atoms with E-state index in [1.165, 1.54) is 24.3 Å². The number of hydrogen-bond donors (Lipinski definition) is 0. The van der Waals surface area contributed by atoms with Gasteiger partial charge in [0, 0.05) is 6.42 Å². The predicted octanol–water partition coefficient (Wildman–Crippen LogP) is 3.68. The van der Waals surface area contributed by atoms with Crippen molar-refractivity contribution in [1.29, 1.82) is 0 Å². The summed E-state index contributed by atoms with van der Waals surface area (Å²) in [7, 11) is 0. The van der Waals surface area contributed by atoms with Gasteiger partial charge in [-0.05, 0) is 29.7 Å². The molecule has 1 aliphatic carbocycles. The van der Waals surface area contributed by atoms with Gasteiger partial charge < -0.3 is 0 Å². The highest BCUT2D eigenvalue weighted by atomic mass is 19.3. The fourth-order valence-electron chi connectivity index (χ4n) is 2.12. The van der Waals surface area contributed by atoms with Crippen LogP contribution in [0, 0.1) is 5.82 Å². The highest BCUT2D eigenvalue weighted by Gasteiger charge is 2.46. The lowest BCUT2D eigenvalue weighted by Gasteiger charge is -2.17. The molecule has 0 aliphatic heterocycles. The average molecular weight is 212 g/mol. The van der Waals surface area contributed by atoms with Crippen LogP contribution in [0.25, 0.3) is 0 Å². The molecule has 0 spiro atoms. The predicted molar refractivity (Wildman–Crippen MR) is 52.6 cm³/mol. The Labute approximate surface area is 86.4 Å². The molecule has 0 N–H and O–H groups in total. The Morgan fingerprint density at radius 1 is 1.47 bits per heavy atom. The largest absolute Gasteiger partial charge is 0.259 e. The molecule has 0 aromatic heterocycles. The lowest BCUT2D eigenvalue weighted by Crippen LogP contribution is -2.21. The van der Waals surface area contributed by atoms with Crippen LogP contribution in [0.2, 0.25) is 0 Å². The van der Waals surface area contributed by atoms with Crippen LogP contribution in [0.4, 0.5) is 13.2 Å². The van der Waals surface area contributed by atoms with Crippen molar-refractivity contribution in [2.45, 2.75) is 24.7 Å². The van der Waals surface area contributed by atoms with Crippen LogP contribution >= 0.6 is 0 Å². The zero-order valence-corrected chi connectivity index (χ0v) is 8.14. The molecular formula is C12H11F3. The third kappa shape index (κ3) is 1.66. The lowest BCUT2D eigenvalue weighted by atomic mass is 9.95. The third-order valence-electron chi connectivity index (χ3n) is 2.82. The molecule has 15 heavy (non-hydrogen) atoms. The van der Waals surface area contributed by atoms with Crippen LogP contribution in [0.3, 0.4) is 0 Å². The van der Waals surface area contributed by atoms with E-state index in [0.717, 1.165) is 0 Å². The van der Waals surface area contributed by atoms with E-state index in [1.54, 1.807) is 0 Å². The molecule has 1 atom stereocenters. The van der Waals surface area contributed by atoms with Gasteiger partial charge in [0.15, 0.2) is 0 Å². The van der Waals surface area contributed by atoms with Crippen LogP contribution in [-0.4, -0.2) is 5.92 Å². The molecule has 0 saturated carbocycles. The zero-order valence-electron chi connectivity index (χ0n) is 8.14. The standard InChI is InChI=1S/C12H11F3/c1-2-3-11-10-6-9(13)5-4-8(10)7-12(11,14)15/h2,4-6,11H,1,3,7H2. The molecule has 2 rings (SSSR count). The normalized spacial score (nSPS) is 22.5. The van der Waals surface area contributed by atoms with E-state index in [9.17, 15) is 13.2 Å². The molecule has 0 saturated heterocycles. The van der Waals surface area contributed by atoms with Crippen molar-refractivity contribution in [2.75, 3.05) is 0 Å². The van der Waals surface area contributed by atoms with Gasteiger partial charge in [0.1, 0.15) is 5.82 Å². The van der Waals surface area contributed by atoms with Crippen LogP contribution in [0.15, 0.2) is 30.9 Å². The molecule has 0 radical (unpaired) electrons.